The van der Waals surface area contributed by atoms with Crippen LogP contribution in [-0.2, 0) is 27.4 Å². The zero-order valence-corrected chi connectivity index (χ0v) is 40.1. The largest absolute Gasteiger partial charge is 0.495 e. The summed E-state index contributed by atoms with van der Waals surface area (Å²) < 4.78 is 72.1. The van der Waals surface area contributed by atoms with Crippen LogP contribution in [0.25, 0.3) is 22.0 Å². The Morgan fingerprint density at radius 1 is 0.957 bits per heavy atom. The number of anilines is 2. The third-order valence-electron chi connectivity index (χ3n) is 11.5. The van der Waals surface area contributed by atoms with E-state index in [-0.39, 0.29) is 30.7 Å². The summed E-state index contributed by atoms with van der Waals surface area (Å²) in [6.07, 6.45) is -0.699. The number of piperidine rings is 1. The molecule has 366 valence electrons. The van der Waals surface area contributed by atoms with Crippen LogP contribution < -0.4 is 31.0 Å². The Hall–Kier alpha value is -6.39. The van der Waals surface area contributed by atoms with Crippen LogP contribution in [0.4, 0.5) is 24.5 Å². The molecule has 4 heterocycles. The van der Waals surface area contributed by atoms with E-state index in [0.29, 0.717) is 79.4 Å². The lowest BCUT2D eigenvalue weighted by atomic mass is 10.0. The van der Waals surface area contributed by atoms with Gasteiger partial charge in [-0.15, -0.1) is 11.8 Å². The number of rotatable bonds is 22. The zero-order valence-electron chi connectivity index (χ0n) is 39.2. The molecule has 0 atom stereocenters. The molecule has 3 aromatic carbocycles. The Morgan fingerprint density at radius 3 is 2.52 bits per heavy atom. The molecule has 7 rings (SSSR count). The maximum Gasteiger partial charge on any atom is 0.406 e. The van der Waals surface area contributed by atoms with Gasteiger partial charge in [-0.2, -0.15) is 13.2 Å². The lowest BCUT2D eigenvalue weighted by molar-refractivity contribution is -0.140. The number of thioether (sulfide) groups is 1. The summed E-state index contributed by atoms with van der Waals surface area (Å²) in [7, 11) is 3.67. The van der Waals surface area contributed by atoms with Crippen molar-refractivity contribution in [1.82, 2.24) is 24.5 Å². The number of likely N-dealkylation sites (tertiary alicyclic amines) is 1. The Morgan fingerprint density at radius 2 is 1.75 bits per heavy atom. The van der Waals surface area contributed by atoms with Crippen LogP contribution in [0, 0.1) is 25.7 Å². The van der Waals surface area contributed by atoms with Crippen molar-refractivity contribution in [3.63, 3.8) is 0 Å². The summed E-state index contributed by atoms with van der Waals surface area (Å²) >= 11 is 1.60. The molecule has 3 N–H and O–H groups in total. The van der Waals surface area contributed by atoms with Crippen LogP contribution >= 0.6 is 11.8 Å². The number of halogens is 3. The fourth-order valence-corrected chi connectivity index (χ4v) is 8.84. The highest BCUT2D eigenvalue weighted by atomic mass is 32.2. The van der Waals surface area contributed by atoms with Gasteiger partial charge in [0, 0.05) is 57.7 Å². The van der Waals surface area contributed by atoms with Crippen LogP contribution in [0.2, 0.25) is 0 Å². The van der Waals surface area contributed by atoms with Crippen molar-refractivity contribution in [2.45, 2.75) is 56.9 Å². The molecule has 1 fully saturated rings. The number of aryl methyl sites for hydroxylation is 2. The number of hydrogen-bond acceptors (Lipinski definition) is 12. The highest BCUT2D eigenvalue weighted by Gasteiger charge is 2.30. The number of aromatic nitrogens is 3. The van der Waals surface area contributed by atoms with E-state index in [4.69, 9.17) is 23.5 Å². The number of carbonyl (C=O) groups excluding carboxylic acids is 1. The Bertz CT molecular complexity index is 2770. The molecule has 0 aliphatic carbocycles. The monoisotopic (exact) mass is 969 g/mol. The van der Waals surface area contributed by atoms with Gasteiger partial charge in [0.1, 0.15) is 23.8 Å². The number of benzene rings is 3. The zero-order chi connectivity index (χ0) is 48.8. The lowest BCUT2D eigenvalue weighted by Gasteiger charge is -2.30. The first-order valence-electron chi connectivity index (χ1n) is 22.8. The molecule has 18 heteroatoms. The predicted molar refractivity (Wildman–Crippen MR) is 263 cm³/mol. The summed E-state index contributed by atoms with van der Waals surface area (Å²) in [6, 6.07) is 23.7. The fraction of sp³-hybridized carbons (Fsp3) is 0.392. The second kappa shape index (κ2) is 24.2. The number of amides is 1. The standard InChI is InChI=1S/C51H58F3N7O7S/c1-35-50(36(2)68-58-35)38-13-16-49(63)60(32-38)31-37-8-5-10-41(28-37)67-33-48(62)56-20-23-65-24-25-66-26-27-69-42-14-15-45(47(30-42)64-4)55-19-7-9-40-29-43-44(57-39-17-21-59(3)22-18-39)11-6-12-46(43)61(40)34-51(52,53)54/h5-6,8,10-16,28-30,32,39,55,57H,17-27,31,33-34H2,1-4H3,(H,56,62). The molecule has 69 heavy (non-hydrogen) atoms. The van der Waals surface area contributed by atoms with Crippen molar-refractivity contribution >= 4 is 39.9 Å². The van der Waals surface area contributed by atoms with Crippen molar-refractivity contribution in [3.8, 4) is 34.5 Å². The quantitative estimate of drug-likeness (QED) is 0.0345. The van der Waals surface area contributed by atoms with Crippen LogP contribution in [0.3, 0.4) is 0 Å². The predicted octanol–water partition coefficient (Wildman–Crippen LogP) is 7.98. The molecule has 1 aliphatic rings. The van der Waals surface area contributed by atoms with Gasteiger partial charge in [0.05, 0.1) is 69.2 Å². The van der Waals surface area contributed by atoms with Gasteiger partial charge < -0.3 is 53.5 Å². The maximum absolute atomic E-state index is 13.8. The number of methoxy groups -OCH3 is 1. The summed E-state index contributed by atoms with van der Waals surface area (Å²) in [5.41, 5.74) is 5.45. The van der Waals surface area contributed by atoms with E-state index < -0.39 is 12.7 Å². The normalized spacial score (nSPS) is 13.3. The second-order valence-corrected chi connectivity index (χ2v) is 17.8. The third kappa shape index (κ3) is 14.6. The number of nitrogens with one attached hydrogen (secondary N) is 3. The van der Waals surface area contributed by atoms with Crippen LogP contribution in [0.1, 0.15) is 35.6 Å². The highest BCUT2D eigenvalue weighted by Crippen LogP contribution is 2.33. The minimum atomic E-state index is -4.41. The van der Waals surface area contributed by atoms with E-state index in [2.05, 4.69) is 44.9 Å². The van der Waals surface area contributed by atoms with Gasteiger partial charge >= 0.3 is 6.18 Å². The number of hydrogen-bond donors (Lipinski definition) is 3. The minimum Gasteiger partial charge on any atom is -0.495 e. The number of pyridine rings is 1. The fourth-order valence-electron chi connectivity index (χ4n) is 8.05. The minimum absolute atomic E-state index is 0.150. The van der Waals surface area contributed by atoms with Crippen LogP contribution in [-0.4, -0.2) is 116 Å². The van der Waals surface area contributed by atoms with Gasteiger partial charge in [0.25, 0.3) is 11.5 Å². The van der Waals surface area contributed by atoms with E-state index in [1.165, 1.54) is 10.6 Å². The van der Waals surface area contributed by atoms with Gasteiger partial charge in [0.2, 0.25) is 0 Å². The molecule has 6 aromatic rings. The van der Waals surface area contributed by atoms with Gasteiger partial charge in [0.15, 0.2) is 6.61 Å². The van der Waals surface area contributed by atoms with Gasteiger partial charge in [-0.1, -0.05) is 29.3 Å². The number of nitrogens with zero attached hydrogens (tertiary/aromatic N) is 4. The molecule has 14 nitrogen and oxygen atoms in total. The summed E-state index contributed by atoms with van der Waals surface area (Å²) in [6.45, 7) is 6.71. The molecule has 1 saturated heterocycles. The number of ether oxygens (including phenoxy) is 4. The van der Waals surface area contributed by atoms with Gasteiger partial charge in [-0.25, -0.2) is 0 Å². The number of alkyl halides is 3. The van der Waals surface area contributed by atoms with E-state index in [1.807, 2.05) is 50.2 Å². The van der Waals surface area contributed by atoms with Crippen LogP contribution in [0.15, 0.2) is 99.3 Å². The molecule has 3 aromatic heterocycles. The van der Waals surface area contributed by atoms with E-state index >= 15 is 0 Å². The van der Waals surface area contributed by atoms with Crippen molar-refractivity contribution in [3.05, 3.63) is 118 Å². The Balaban J connectivity index is 0.776. The van der Waals surface area contributed by atoms with Crippen molar-refractivity contribution < 1.29 is 41.4 Å². The van der Waals surface area contributed by atoms with E-state index in [0.717, 1.165) is 64.3 Å². The average Bonchev–Trinajstić information content (AvgIpc) is 3.86. The molecule has 1 amide bonds. The third-order valence-corrected chi connectivity index (χ3v) is 12.4. The smallest absolute Gasteiger partial charge is 0.406 e. The second-order valence-electron chi connectivity index (χ2n) is 16.7. The maximum atomic E-state index is 13.8. The summed E-state index contributed by atoms with van der Waals surface area (Å²) in [4.78, 5) is 28.3. The molecular formula is C51H58F3N7O7S. The Kier molecular flexibility index (Phi) is 17.7. The molecule has 1 aliphatic heterocycles. The van der Waals surface area contributed by atoms with Gasteiger partial charge in [-0.05, 0) is 113 Å². The Labute approximate surface area is 403 Å². The summed E-state index contributed by atoms with van der Waals surface area (Å²) in [5.74, 6) is 8.20. The SMILES string of the molecule is COc1cc(SCCOCCOCCNC(=O)COc2cccc(Cn3cc(-c4c(C)noc4C)ccc3=O)c2)ccc1NCC#Cc1cc2c(NC3CCN(C)CC3)cccc2n1CC(F)(F)F. The van der Waals surface area contributed by atoms with Crippen molar-refractivity contribution in [1.29, 1.82) is 0 Å². The van der Waals surface area contributed by atoms with E-state index in [9.17, 15) is 22.8 Å². The van der Waals surface area contributed by atoms with Crippen LogP contribution in [0.5, 0.6) is 11.5 Å². The number of fused-ring (bicyclic) bond motifs is 1. The molecular weight excluding hydrogens is 912 g/mol. The first-order chi connectivity index (χ1) is 33.3. The molecule has 0 unspecified atom stereocenters. The molecule has 0 saturated carbocycles. The van der Waals surface area contributed by atoms with E-state index in [1.54, 1.807) is 66.0 Å². The first-order valence-corrected chi connectivity index (χ1v) is 23.8. The average molecular weight is 970 g/mol. The highest BCUT2D eigenvalue weighted by molar-refractivity contribution is 7.99. The lowest BCUT2D eigenvalue weighted by Crippen LogP contribution is -2.36. The number of carbonyl (C=O) groups is 1. The molecule has 0 bridgehead atoms. The topological polar surface area (TPSA) is 146 Å². The van der Waals surface area contributed by atoms with Crippen molar-refractivity contribution in [2.24, 2.45) is 0 Å². The van der Waals surface area contributed by atoms with Crippen molar-refractivity contribution in [2.75, 3.05) is 89.8 Å². The summed E-state index contributed by atoms with van der Waals surface area (Å²) in [5, 5.41) is 14.3. The molecule has 0 radical (unpaired) electrons. The van der Waals surface area contributed by atoms with Gasteiger partial charge in [-0.3, -0.25) is 9.59 Å². The molecule has 0 spiro atoms. The first kappa shape index (κ1) is 50.5.